The van der Waals surface area contributed by atoms with Gasteiger partial charge in [0.1, 0.15) is 11.1 Å². The van der Waals surface area contributed by atoms with Crippen molar-refractivity contribution in [1.29, 1.82) is 0 Å². The number of amides is 2. The Hall–Kier alpha value is -3.59. The average molecular weight is 582 g/mol. The van der Waals surface area contributed by atoms with Crippen LogP contribution in [0.5, 0.6) is 0 Å². The van der Waals surface area contributed by atoms with Gasteiger partial charge in [-0.2, -0.15) is 0 Å². The second kappa shape index (κ2) is 11.5. The van der Waals surface area contributed by atoms with Crippen molar-refractivity contribution in [2.75, 3.05) is 31.5 Å². The van der Waals surface area contributed by atoms with E-state index in [0.717, 1.165) is 30.7 Å². The van der Waals surface area contributed by atoms with E-state index in [1.807, 2.05) is 57.2 Å². The first-order valence-electron chi connectivity index (χ1n) is 13.0. The Morgan fingerprint density at radius 2 is 1.73 bits per heavy atom. The van der Waals surface area contributed by atoms with Crippen molar-refractivity contribution in [2.45, 2.75) is 32.9 Å². The van der Waals surface area contributed by atoms with Gasteiger partial charge in [0.25, 0.3) is 5.91 Å². The summed E-state index contributed by atoms with van der Waals surface area (Å²) in [6.45, 7) is 9.10. The van der Waals surface area contributed by atoms with Gasteiger partial charge >= 0.3 is 6.09 Å². The molecular formula is C30H30Cl2N4O4. The van der Waals surface area contributed by atoms with Crippen LogP contribution in [-0.2, 0) is 11.3 Å². The number of halogens is 2. The number of benzene rings is 3. The largest absolute Gasteiger partial charge is 0.444 e. The van der Waals surface area contributed by atoms with Gasteiger partial charge in [0.15, 0.2) is 5.58 Å². The number of hydrogen-bond acceptors (Lipinski definition) is 6. The smallest absolute Gasteiger partial charge is 0.410 e. The minimum Gasteiger partial charge on any atom is -0.444 e. The summed E-state index contributed by atoms with van der Waals surface area (Å²) >= 11 is 12.1. The Labute approximate surface area is 242 Å². The summed E-state index contributed by atoms with van der Waals surface area (Å²) in [4.78, 5) is 34.0. The first kappa shape index (κ1) is 28.0. The van der Waals surface area contributed by atoms with E-state index in [-0.39, 0.29) is 12.0 Å². The van der Waals surface area contributed by atoms with E-state index >= 15 is 0 Å². The van der Waals surface area contributed by atoms with Gasteiger partial charge in [-0.1, -0.05) is 41.4 Å². The predicted octanol–water partition coefficient (Wildman–Crippen LogP) is 7.11. The van der Waals surface area contributed by atoms with E-state index in [4.69, 9.17) is 32.4 Å². The quantitative estimate of drug-likeness (QED) is 0.270. The number of hydrogen-bond donors (Lipinski definition) is 1. The van der Waals surface area contributed by atoms with Crippen molar-refractivity contribution in [1.82, 2.24) is 14.8 Å². The third kappa shape index (κ3) is 6.58. The number of carbonyl (C=O) groups excluding carboxylic acids is 2. The van der Waals surface area contributed by atoms with E-state index in [1.54, 1.807) is 23.1 Å². The average Bonchev–Trinajstić information content (AvgIpc) is 3.33. The molecule has 8 nitrogen and oxygen atoms in total. The fraction of sp³-hybridized carbons (Fsp3) is 0.300. The van der Waals surface area contributed by atoms with Crippen LogP contribution in [0.15, 0.2) is 65.1 Å². The van der Waals surface area contributed by atoms with Crippen LogP contribution in [-0.4, -0.2) is 58.6 Å². The summed E-state index contributed by atoms with van der Waals surface area (Å²) in [5.41, 5.74) is 3.57. The van der Waals surface area contributed by atoms with E-state index in [2.05, 4.69) is 15.2 Å². The second-order valence-electron chi connectivity index (χ2n) is 10.7. The molecule has 1 aliphatic rings. The molecule has 3 aromatic carbocycles. The number of fused-ring (bicyclic) bond motifs is 1. The van der Waals surface area contributed by atoms with Crippen LogP contribution >= 0.6 is 23.2 Å². The van der Waals surface area contributed by atoms with Crippen molar-refractivity contribution in [2.24, 2.45) is 0 Å². The lowest BCUT2D eigenvalue weighted by molar-refractivity contribution is 0.0139. The van der Waals surface area contributed by atoms with Crippen molar-refractivity contribution < 1.29 is 18.7 Å². The maximum Gasteiger partial charge on any atom is 0.410 e. The van der Waals surface area contributed by atoms with Crippen LogP contribution in [0, 0.1) is 0 Å². The highest BCUT2D eigenvalue weighted by molar-refractivity contribution is 6.42. The number of para-hydroxylation sites is 1. The Balaban J connectivity index is 1.27. The molecule has 0 bridgehead atoms. The molecule has 1 fully saturated rings. The molecule has 0 aliphatic carbocycles. The summed E-state index contributed by atoms with van der Waals surface area (Å²) in [6.07, 6.45) is -0.267. The molecule has 0 unspecified atom stereocenters. The maximum atomic E-state index is 12.9. The number of rotatable bonds is 5. The highest BCUT2D eigenvalue weighted by Crippen LogP contribution is 2.31. The topological polar surface area (TPSA) is 87.9 Å². The normalized spacial score (nSPS) is 14.4. The van der Waals surface area contributed by atoms with Crippen LogP contribution in [0.1, 0.15) is 36.7 Å². The highest BCUT2D eigenvalue weighted by atomic mass is 35.5. The first-order chi connectivity index (χ1) is 19.1. The standard InChI is InChI=1S/C30H30Cl2N4O4/c1-30(2,3)40-29(38)36-14-12-35(13-15-36)18-19-8-11-25-26(16-19)39-28(34-25)21-6-4-5-7-24(21)33-27(37)20-9-10-22(31)23(32)17-20/h4-11,16-17H,12-15,18H2,1-3H3,(H,33,37). The highest BCUT2D eigenvalue weighted by Gasteiger charge is 2.26. The molecule has 40 heavy (non-hydrogen) atoms. The summed E-state index contributed by atoms with van der Waals surface area (Å²) in [5, 5.41) is 3.61. The monoisotopic (exact) mass is 580 g/mol. The fourth-order valence-electron chi connectivity index (χ4n) is 4.47. The van der Waals surface area contributed by atoms with Crippen molar-refractivity contribution in [3.63, 3.8) is 0 Å². The number of oxazole rings is 1. The van der Waals surface area contributed by atoms with Crippen molar-refractivity contribution in [3.05, 3.63) is 81.8 Å². The van der Waals surface area contributed by atoms with Crippen molar-refractivity contribution >= 4 is 52.0 Å². The van der Waals surface area contributed by atoms with E-state index in [9.17, 15) is 9.59 Å². The van der Waals surface area contributed by atoms with Gasteiger partial charge in [0.05, 0.1) is 21.3 Å². The number of piperazine rings is 1. The van der Waals surface area contributed by atoms with Crippen LogP contribution in [0.2, 0.25) is 10.0 Å². The zero-order valence-electron chi connectivity index (χ0n) is 22.5. The summed E-state index contributed by atoms with van der Waals surface area (Å²) in [6, 6.07) is 18.0. The molecule has 1 saturated heterocycles. The number of nitrogens with one attached hydrogen (secondary N) is 1. The van der Waals surface area contributed by atoms with Gasteiger partial charge in [0, 0.05) is 38.3 Å². The molecule has 1 N–H and O–H groups in total. The predicted molar refractivity (Wildman–Crippen MR) is 157 cm³/mol. The lowest BCUT2D eigenvalue weighted by Gasteiger charge is -2.35. The Bertz CT molecular complexity index is 1560. The lowest BCUT2D eigenvalue weighted by Crippen LogP contribution is -2.49. The molecule has 2 heterocycles. The van der Waals surface area contributed by atoms with Crippen LogP contribution in [0.4, 0.5) is 10.5 Å². The number of anilines is 1. The van der Waals surface area contributed by atoms with Gasteiger partial charge in [0.2, 0.25) is 5.89 Å². The molecule has 0 saturated carbocycles. The molecule has 4 aromatic rings. The Kier molecular flexibility index (Phi) is 8.03. The first-order valence-corrected chi connectivity index (χ1v) is 13.8. The minimum absolute atomic E-state index is 0.267. The van der Waals surface area contributed by atoms with Crippen LogP contribution < -0.4 is 5.32 Å². The van der Waals surface area contributed by atoms with E-state index < -0.39 is 5.60 Å². The van der Waals surface area contributed by atoms with Gasteiger partial charge in [-0.25, -0.2) is 9.78 Å². The molecule has 10 heteroatoms. The Morgan fingerprint density at radius 1 is 0.975 bits per heavy atom. The molecule has 208 valence electrons. The molecule has 2 amide bonds. The summed E-state index contributed by atoms with van der Waals surface area (Å²) < 4.78 is 11.6. The number of carbonyl (C=O) groups is 2. The number of nitrogens with zero attached hydrogens (tertiary/aromatic N) is 3. The Morgan fingerprint density at radius 3 is 2.45 bits per heavy atom. The minimum atomic E-state index is -0.503. The SMILES string of the molecule is CC(C)(C)OC(=O)N1CCN(Cc2ccc3nc(-c4ccccc4NC(=O)c4ccc(Cl)c(Cl)c4)oc3c2)CC1. The number of aromatic nitrogens is 1. The zero-order valence-corrected chi connectivity index (χ0v) is 24.1. The molecular weight excluding hydrogens is 551 g/mol. The molecule has 0 spiro atoms. The van der Waals surface area contributed by atoms with Gasteiger partial charge in [-0.15, -0.1) is 0 Å². The van der Waals surface area contributed by atoms with Gasteiger partial charge in [-0.3, -0.25) is 9.69 Å². The van der Waals surface area contributed by atoms with Gasteiger partial charge < -0.3 is 19.4 Å². The lowest BCUT2D eigenvalue weighted by atomic mass is 10.1. The van der Waals surface area contributed by atoms with E-state index in [0.29, 0.717) is 51.4 Å². The second-order valence-corrected chi connectivity index (χ2v) is 11.5. The van der Waals surface area contributed by atoms with Crippen LogP contribution in [0.25, 0.3) is 22.6 Å². The molecule has 5 rings (SSSR count). The summed E-state index contributed by atoms with van der Waals surface area (Å²) in [5.74, 6) is 0.0827. The van der Waals surface area contributed by atoms with Crippen molar-refractivity contribution in [3.8, 4) is 11.5 Å². The molecule has 1 aliphatic heterocycles. The zero-order chi connectivity index (χ0) is 28.4. The van der Waals surface area contributed by atoms with Gasteiger partial charge in [-0.05, 0) is 68.8 Å². The molecule has 1 aromatic heterocycles. The molecule has 0 radical (unpaired) electrons. The fourth-order valence-corrected chi connectivity index (χ4v) is 4.76. The van der Waals surface area contributed by atoms with Crippen LogP contribution in [0.3, 0.4) is 0 Å². The third-order valence-electron chi connectivity index (χ3n) is 6.47. The third-order valence-corrected chi connectivity index (χ3v) is 7.21. The summed E-state index contributed by atoms with van der Waals surface area (Å²) in [7, 11) is 0. The number of ether oxygens (including phenoxy) is 1. The molecule has 0 atom stereocenters. The van der Waals surface area contributed by atoms with E-state index in [1.165, 1.54) is 6.07 Å². The maximum absolute atomic E-state index is 12.9.